The zero-order valence-electron chi connectivity index (χ0n) is 9.62. The van der Waals surface area contributed by atoms with Gasteiger partial charge < -0.3 is 19.9 Å². The molecule has 0 radical (unpaired) electrons. The fraction of sp³-hybridized carbons (Fsp3) is 0.909. The van der Waals surface area contributed by atoms with Crippen molar-refractivity contribution >= 4 is 5.97 Å². The van der Waals surface area contributed by atoms with Crippen molar-refractivity contribution in [2.75, 3.05) is 32.9 Å². The van der Waals surface area contributed by atoms with E-state index in [0.29, 0.717) is 32.7 Å². The third-order valence-corrected chi connectivity index (χ3v) is 3.63. The van der Waals surface area contributed by atoms with Gasteiger partial charge in [0.1, 0.15) is 11.0 Å². The Morgan fingerprint density at radius 1 is 1.56 bits per heavy atom. The number of hydrogen-bond donors (Lipinski definition) is 2. The van der Waals surface area contributed by atoms with Gasteiger partial charge in [-0.3, -0.25) is 4.79 Å². The summed E-state index contributed by atoms with van der Waals surface area (Å²) in [7, 11) is 0. The van der Waals surface area contributed by atoms with Gasteiger partial charge in [-0.1, -0.05) is 0 Å². The number of hydrogen-bond acceptors (Lipinski definition) is 5. The molecule has 0 amide bonds. The van der Waals surface area contributed by atoms with Crippen molar-refractivity contribution < 1.29 is 19.4 Å². The summed E-state index contributed by atoms with van der Waals surface area (Å²) in [4.78, 5) is 12.0. The van der Waals surface area contributed by atoms with Crippen molar-refractivity contribution in [3.05, 3.63) is 0 Å². The highest BCUT2D eigenvalue weighted by Gasteiger charge is 2.61. The summed E-state index contributed by atoms with van der Waals surface area (Å²) >= 11 is 0. The molecule has 0 aromatic carbocycles. The second-order valence-electron chi connectivity index (χ2n) is 4.59. The summed E-state index contributed by atoms with van der Waals surface area (Å²) in [6, 6.07) is 0. The highest BCUT2D eigenvalue weighted by atomic mass is 16.5. The van der Waals surface area contributed by atoms with Crippen LogP contribution in [0.5, 0.6) is 0 Å². The molecule has 2 rings (SSSR count). The number of esters is 1. The van der Waals surface area contributed by atoms with Crippen molar-refractivity contribution in [2.24, 2.45) is 5.41 Å². The highest BCUT2D eigenvalue weighted by molar-refractivity contribution is 5.80. The Balaban J connectivity index is 2.16. The monoisotopic (exact) mass is 229 g/mol. The Kier molecular flexibility index (Phi) is 3.19. The van der Waals surface area contributed by atoms with Crippen molar-refractivity contribution in [2.45, 2.75) is 25.4 Å². The number of ether oxygens (including phenoxy) is 2. The van der Waals surface area contributed by atoms with Crippen molar-refractivity contribution in [3.63, 3.8) is 0 Å². The first-order valence-corrected chi connectivity index (χ1v) is 5.83. The SMILES string of the molecule is CCOC(=O)C1(C2(O)CCCOC2)CNC1. The first kappa shape index (κ1) is 11.8. The van der Waals surface area contributed by atoms with Crippen LogP contribution in [0.4, 0.5) is 0 Å². The van der Waals surface area contributed by atoms with Crippen LogP contribution < -0.4 is 5.32 Å². The van der Waals surface area contributed by atoms with Gasteiger partial charge in [0.05, 0.1) is 13.2 Å². The van der Waals surface area contributed by atoms with E-state index in [-0.39, 0.29) is 12.6 Å². The molecule has 2 heterocycles. The van der Waals surface area contributed by atoms with Crippen LogP contribution in [0.25, 0.3) is 0 Å². The maximum absolute atomic E-state index is 12.0. The van der Waals surface area contributed by atoms with Gasteiger partial charge in [-0.05, 0) is 19.8 Å². The van der Waals surface area contributed by atoms with E-state index in [2.05, 4.69) is 5.32 Å². The molecule has 5 heteroatoms. The predicted octanol–water partition coefficient (Wildman–Crippen LogP) is -0.319. The van der Waals surface area contributed by atoms with Crippen LogP contribution in [-0.4, -0.2) is 49.6 Å². The lowest BCUT2D eigenvalue weighted by molar-refractivity contribution is -0.205. The third kappa shape index (κ3) is 1.63. The molecule has 2 aliphatic heterocycles. The largest absolute Gasteiger partial charge is 0.465 e. The number of carbonyl (C=O) groups excluding carboxylic acids is 1. The molecule has 0 aliphatic carbocycles. The average molecular weight is 229 g/mol. The molecule has 16 heavy (non-hydrogen) atoms. The Morgan fingerprint density at radius 2 is 2.31 bits per heavy atom. The summed E-state index contributed by atoms with van der Waals surface area (Å²) in [6.07, 6.45) is 1.39. The van der Waals surface area contributed by atoms with E-state index in [4.69, 9.17) is 9.47 Å². The lowest BCUT2D eigenvalue weighted by Crippen LogP contribution is -2.72. The first-order chi connectivity index (χ1) is 7.65. The molecule has 1 atom stereocenters. The average Bonchev–Trinajstić information content (AvgIpc) is 2.16. The maximum Gasteiger partial charge on any atom is 0.317 e. The lowest BCUT2D eigenvalue weighted by Gasteiger charge is -2.52. The highest BCUT2D eigenvalue weighted by Crippen LogP contribution is 2.42. The first-order valence-electron chi connectivity index (χ1n) is 5.83. The lowest BCUT2D eigenvalue weighted by atomic mass is 9.65. The van der Waals surface area contributed by atoms with Crippen molar-refractivity contribution in [1.29, 1.82) is 0 Å². The van der Waals surface area contributed by atoms with Crippen molar-refractivity contribution in [3.8, 4) is 0 Å². The van der Waals surface area contributed by atoms with Crippen LogP contribution >= 0.6 is 0 Å². The molecule has 2 aliphatic rings. The fourth-order valence-electron chi connectivity index (χ4n) is 2.46. The second kappa shape index (κ2) is 4.31. The van der Waals surface area contributed by atoms with Gasteiger partial charge in [-0.25, -0.2) is 0 Å². The number of rotatable bonds is 3. The minimum Gasteiger partial charge on any atom is -0.465 e. The molecule has 0 aromatic heterocycles. The molecular formula is C11H19NO4. The van der Waals surface area contributed by atoms with E-state index < -0.39 is 11.0 Å². The van der Waals surface area contributed by atoms with Crippen molar-refractivity contribution in [1.82, 2.24) is 5.32 Å². The van der Waals surface area contributed by atoms with E-state index in [1.54, 1.807) is 6.92 Å². The molecule has 0 spiro atoms. The molecule has 5 nitrogen and oxygen atoms in total. The number of carbonyl (C=O) groups is 1. The second-order valence-corrected chi connectivity index (χ2v) is 4.59. The quantitative estimate of drug-likeness (QED) is 0.649. The minimum absolute atomic E-state index is 0.230. The standard InChI is InChI=1S/C11H19NO4/c1-2-16-9(13)10(6-12-7-10)11(14)4-3-5-15-8-11/h12,14H,2-8H2,1H3. The Morgan fingerprint density at radius 3 is 2.75 bits per heavy atom. The molecule has 0 bridgehead atoms. The zero-order valence-corrected chi connectivity index (χ0v) is 9.62. The van der Waals surface area contributed by atoms with Crippen LogP contribution in [0, 0.1) is 5.41 Å². The van der Waals surface area contributed by atoms with Gasteiger partial charge in [0.2, 0.25) is 0 Å². The fourth-order valence-corrected chi connectivity index (χ4v) is 2.46. The van der Waals surface area contributed by atoms with Crippen LogP contribution in [0.3, 0.4) is 0 Å². The van der Waals surface area contributed by atoms with E-state index in [1.165, 1.54) is 0 Å². The summed E-state index contributed by atoms with van der Waals surface area (Å²) in [5, 5.41) is 13.6. The van der Waals surface area contributed by atoms with Crippen LogP contribution in [0.2, 0.25) is 0 Å². The van der Waals surface area contributed by atoms with Crippen LogP contribution in [-0.2, 0) is 14.3 Å². The smallest absolute Gasteiger partial charge is 0.317 e. The summed E-state index contributed by atoms with van der Waals surface area (Å²) in [5.41, 5.74) is -1.87. The van der Waals surface area contributed by atoms with E-state index in [9.17, 15) is 9.90 Å². The summed E-state index contributed by atoms with van der Waals surface area (Å²) in [6.45, 7) is 3.97. The molecule has 0 saturated carbocycles. The molecule has 0 aromatic rings. The molecule has 92 valence electrons. The normalized spacial score (nSPS) is 32.9. The Bertz CT molecular complexity index is 269. The minimum atomic E-state index is -1.07. The number of nitrogens with one attached hydrogen (secondary N) is 1. The molecule has 1 unspecified atom stereocenters. The molecule has 2 fully saturated rings. The van der Waals surface area contributed by atoms with Gasteiger partial charge in [-0.2, -0.15) is 0 Å². The van der Waals surface area contributed by atoms with Gasteiger partial charge in [0.15, 0.2) is 0 Å². The van der Waals surface area contributed by atoms with Gasteiger partial charge in [0, 0.05) is 19.7 Å². The Hall–Kier alpha value is -0.650. The van der Waals surface area contributed by atoms with Crippen LogP contribution in [0.15, 0.2) is 0 Å². The van der Waals surface area contributed by atoms with Gasteiger partial charge in [0.25, 0.3) is 0 Å². The topological polar surface area (TPSA) is 67.8 Å². The Labute approximate surface area is 95.1 Å². The summed E-state index contributed by atoms with van der Waals surface area (Å²) < 4.78 is 10.4. The zero-order chi connectivity index (χ0) is 11.6. The van der Waals surface area contributed by atoms with Crippen LogP contribution in [0.1, 0.15) is 19.8 Å². The summed E-state index contributed by atoms with van der Waals surface area (Å²) in [5.74, 6) is -0.304. The molecule has 2 saturated heterocycles. The molecular weight excluding hydrogens is 210 g/mol. The van der Waals surface area contributed by atoms with Gasteiger partial charge in [-0.15, -0.1) is 0 Å². The van der Waals surface area contributed by atoms with E-state index in [1.807, 2.05) is 0 Å². The van der Waals surface area contributed by atoms with E-state index >= 15 is 0 Å². The van der Waals surface area contributed by atoms with Gasteiger partial charge >= 0.3 is 5.97 Å². The predicted molar refractivity (Wildman–Crippen MR) is 56.9 cm³/mol. The molecule has 2 N–H and O–H groups in total. The third-order valence-electron chi connectivity index (χ3n) is 3.63. The number of aliphatic hydroxyl groups is 1. The maximum atomic E-state index is 12.0. The van der Waals surface area contributed by atoms with E-state index in [0.717, 1.165) is 6.42 Å².